The number of aryl methyl sites for hydroxylation is 1. The van der Waals surface area contributed by atoms with Gasteiger partial charge in [-0.1, -0.05) is 6.07 Å². The van der Waals surface area contributed by atoms with Crippen LogP contribution in [0.2, 0.25) is 0 Å². The molecule has 0 aliphatic carbocycles. The van der Waals surface area contributed by atoms with Gasteiger partial charge in [-0.25, -0.2) is 0 Å². The summed E-state index contributed by atoms with van der Waals surface area (Å²) < 4.78 is 12.5. The van der Waals surface area contributed by atoms with Crippen LogP contribution in [0.3, 0.4) is 0 Å². The minimum Gasteiger partial charge on any atom is -0.493 e. The molecule has 0 saturated carbocycles. The Hall–Kier alpha value is -2.04. The number of halogens is 1. The van der Waals surface area contributed by atoms with Crippen molar-refractivity contribution in [3.05, 3.63) is 35.9 Å². The molecule has 0 aliphatic heterocycles. The van der Waals surface area contributed by atoms with E-state index in [0.717, 1.165) is 17.9 Å². The Morgan fingerprint density at radius 2 is 1.88 bits per heavy atom. The predicted molar refractivity (Wildman–Crippen MR) is 108 cm³/mol. The Labute approximate surface area is 165 Å². The maximum absolute atomic E-state index is 5.32. The number of hydrogen-bond acceptors (Lipinski definition) is 5. The average molecular weight is 460 g/mol. The molecule has 1 aromatic carbocycles. The van der Waals surface area contributed by atoms with E-state index in [1.54, 1.807) is 27.6 Å². The summed E-state index contributed by atoms with van der Waals surface area (Å²) >= 11 is 0. The third-order valence-electron chi connectivity index (χ3n) is 3.58. The Morgan fingerprint density at radius 3 is 2.52 bits per heavy atom. The van der Waals surface area contributed by atoms with Crippen LogP contribution in [0.25, 0.3) is 0 Å². The summed E-state index contributed by atoms with van der Waals surface area (Å²) in [4.78, 5) is 4.22. The Morgan fingerprint density at radius 1 is 1.16 bits per heavy atom. The Bertz CT molecular complexity index is 689. The van der Waals surface area contributed by atoms with Gasteiger partial charge in [0.05, 0.1) is 20.8 Å². The summed E-state index contributed by atoms with van der Waals surface area (Å²) in [6.45, 7) is 4.05. The van der Waals surface area contributed by atoms with Gasteiger partial charge in [0.2, 0.25) is 0 Å². The zero-order valence-corrected chi connectivity index (χ0v) is 17.3. The van der Waals surface area contributed by atoms with Gasteiger partial charge >= 0.3 is 0 Å². The molecule has 2 rings (SSSR count). The quantitative estimate of drug-likeness (QED) is 0.373. The van der Waals surface area contributed by atoms with Crippen molar-refractivity contribution in [2.45, 2.75) is 26.6 Å². The van der Waals surface area contributed by atoms with Gasteiger partial charge in [0, 0.05) is 20.1 Å². The number of aromatic nitrogens is 3. The van der Waals surface area contributed by atoms with Crippen LogP contribution in [0.1, 0.15) is 18.3 Å². The van der Waals surface area contributed by atoms with Crippen LogP contribution in [0.4, 0.5) is 0 Å². The van der Waals surface area contributed by atoms with Crippen LogP contribution in [-0.4, -0.2) is 42.0 Å². The summed E-state index contributed by atoms with van der Waals surface area (Å²) in [5.41, 5.74) is 1.06. The number of hydrogen-bond donors (Lipinski definition) is 2. The molecule has 0 unspecified atom stereocenters. The zero-order chi connectivity index (χ0) is 17.4. The minimum absolute atomic E-state index is 0. The molecule has 0 fully saturated rings. The SMILES string of the molecule is CCn1cnnc1CNC(=NC)NCc1ccc(OC)c(OC)c1.I. The van der Waals surface area contributed by atoms with E-state index in [0.29, 0.717) is 30.5 Å². The van der Waals surface area contributed by atoms with Crippen molar-refractivity contribution >= 4 is 29.9 Å². The highest BCUT2D eigenvalue weighted by atomic mass is 127. The largest absolute Gasteiger partial charge is 0.493 e. The van der Waals surface area contributed by atoms with E-state index in [9.17, 15) is 0 Å². The molecule has 8 nitrogen and oxygen atoms in total. The number of aliphatic imine (C=N–C) groups is 1. The third-order valence-corrected chi connectivity index (χ3v) is 3.58. The van der Waals surface area contributed by atoms with Gasteiger partial charge in [0.15, 0.2) is 23.3 Å². The summed E-state index contributed by atoms with van der Waals surface area (Å²) in [5.74, 6) is 2.97. The molecule has 2 N–H and O–H groups in total. The fourth-order valence-electron chi connectivity index (χ4n) is 2.24. The number of ether oxygens (including phenoxy) is 2. The first-order valence-electron chi connectivity index (χ1n) is 7.73. The second-order valence-electron chi connectivity index (χ2n) is 5.00. The van der Waals surface area contributed by atoms with Gasteiger partial charge in [0.1, 0.15) is 6.33 Å². The number of rotatable bonds is 7. The van der Waals surface area contributed by atoms with Crippen LogP contribution in [0, 0.1) is 0 Å². The van der Waals surface area contributed by atoms with Gasteiger partial charge in [-0.05, 0) is 24.6 Å². The summed E-state index contributed by atoms with van der Waals surface area (Å²) in [7, 11) is 4.98. The van der Waals surface area contributed by atoms with Gasteiger partial charge in [0.25, 0.3) is 0 Å². The van der Waals surface area contributed by atoms with E-state index >= 15 is 0 Å². The van der Waals surface area contributed by atoms with E-state index in [-0.39, 0.29) is 24.0 Å². The van der Waals surface area contributed by atoms with Crippen molar-refractivity contribution in [3.63, 3.8) is 0 Å². The number of benzene rings is 1. The standard InChI is InChI=1S/C16H24N6O2.HI/c1-5-22-11-20-21-15(22)10-19-16(17-2)18-9-12-6-7-13(23-3)14(8-12)24-4;/h6-8,11H,5,9-10H2,1-4H3,(H2,17,18,19);1H. The molecule has 1 heterocycles. The molecule has 138 valence electrons. The van der Waals surface area contributed by atoms with Crippen LogP contribution < -0.4 is 20.1 Å². The Kier molecular flexibility index (Phi) is 9.03. The van der Waals surface area contributed by atoms with E-state index in [1.165, 1.54) is 0 Å². The topological polar surface area (TPSA) is 85.6 Å². The van der Waals surface area contributed by atoms with Crippen molar-refractivity contribution < 1.29 is 9.47 Å². The third kappa shape index (κ3) is 5.76. The molecular formula is C16H25IN6O2. The van der Waals surface area contributed by atoms with Crippen molar-refractivity contribution in [1.29, 1.82) is 0 Å². The molecule has 0 bridgehead atoms. The molecular weight excluding hydrogens is 435 g/mol. The fraction of sp³-hybridized carbons (Fsp3) is 0.438. The molecule has 0 atom stereocenters. The van der Waals surface area contributed by atoms with Crippen molar-refractivity contribution in [3.8, 4) is 11.5 Å². The van der Waals surface area contributed by atoms with Crippen LogP contribution in [0.15, 0.2) is 29.5 Å². The lowest BCUT2D eigenvalue weighted by Crippen LogP contribution is -2.37. The predicted octanol–water partition coefficient (Wildman–Crippen LogP) is 1.80. The Balaban J connectivity index is 0.00000312. The van der Waals surface area contributed by atoms with E-state index in [2.05, 4.69) is 32.7 Å². The van der Waals surface area contributed by atoms with Crippen LogP contribution >= 0.6 is 24.0 Å². The van der Waals surface area contributed by atoms with Gasteiger partial charge in [-0.15, -0.1) is 34.2 Å². The first-order chi connectivity index (χ1) is 11.7. The molecule has 2 aromatic rings. The number of methoxy groups -OCH3 is 2. The molecule has 0 saturated heterocycles. The smallest absolute Gasteiger partial charge is 0.191 e. The van der Waals surface area contributed by atoms with Crippen molar-refractivity contribution in [2.75, 3.05) is 21.3 Å². The van der Waals surface area contributed by atoms with E-state index < -0.39 is 0 Å². The fourth-order valence-corrected chi connectivity index (χ4v) is 2.24. The summed E-state index contributed by atoms with van der Waals surface area (Å²) in [5, 5.41) is 14.5. The highest BCUT2D eigenvalue weighted by molar-refractivity contribution is 14.0. The average Bonchev–Trinajstić information content (AvgIpc) is 3.09. The molecule has 0 amide bonds. The van der Waals surface area contributed by atoms with Gasteiger partial charge in [-0.2, -0.15) is 0 Å². The number of nitrogens with one attached hydrogen (secondary N) is 2. The molecule has 0 spiro atoms. The molecule has 9 heteroatoms. The number of nitrogens with zero attached hydrogens (tertiary/aromatic N) is 4. The summed E-state index contributed by atoms with van der Waals surface area (Å²) in [6, 6.07) is 5.80. The van der Waals surface area contributed by atoms with Crippen molar-refractivity contribution in [1.82, 2.24) is 25.4 Å². The monoisotopic (exact) mass is 460 g/mol. The maximum atomic E-state index is 5.32. The lowest BCUT2D eigenvalue weighted by Gasteiger charge is -2.13. The first kappa shape index (κ1) is 21.0. The van der Waals surface area contributed by atoms with Crippen LogP contribution in [0.5, 0.6) is 11.5 Å². The second kappa shape index (κ2) is 10.7. The lowest BCUT2D eigenvalue weighted by atomic mass is 10.2. The normalized spacial score (nSPS) is 10.8. The maximum Gasteiger partial charge on any atom is 0.191 e. The second-order valence-corrected chi connectivity index (χ2v) is 5.00. The molecule has 1 aromatic heterocycles. The van der Waals surface area contributed by atoms with E-state index in [1.807, 2.05) is 22.8 Å². The first-order valence-corrected chi connectivity index (χ1v) is 7.73. The van der Waals surface area contributed by atoms with Crippen molar-refractivity contribution in [2.24, 2.45) is 4.99 Å². The van der Waals surface area contributed by atoms with Crippen LogP contribution in [-0.2, 0) is 19.6 Å². The summed E-state index contributed by atoms with van der Waals surface area (Å²) in [6.07, 6.45) is 1.72. The van der Waals surface area contributed by atoms with E-state index in [4.69, 9.17) is 9.47 Å². The molecule has 0 radical (unpaired) electrons. The molecule has 0 aliphatic rings. The number of guanidine groups is 1. The van der Waals surface area contributed by atoms with Gasteiger partial charge in [-0.3, -0.25) is 4.99 Å². The lowest BCUT2D eigenvalue weighted by molar-refractivity contribution is 0.354. The molecule has 25 heavy (non-hydrogen) atoms. The highest BCUT2D eigenvalue weighted by Crippen LogP contribution is 2.27. The van der Waals surface area contributed by atoms with Gasteiger partial charge < -0.3 is 24.7 Å². The highest BCUT2D eigenvalue weighted by Gasteiger charge is 2.07. The zero-order valence-electron chi connectivity index (χ0n) is 14.9. The minimum atomic E-state index is 0.